The first kappa shape index (κ1) is 24.3. The van der Waals surface area contributed by atoms with Crippen LogP contribution in [-0.4, -0.2) is 81.4 Å². The number of rotatable bonds is 2. The standard InChI is InChI=1S/C18H20FN5O2.C2HF3O2/c19-15-10-21-17(22-11-15)24-6-2-4-18(13-24)12-23(7-8-26-18)16(25)14-3-1-5-20-9-14;3-2(4,5)1(6)7/h1,3,5,9-11H,2,4,6-8,12-13H2;(H,6,7). The number of ether oxygens (including phenoxy) is 1. The number of carbonyl (C=O) groups excluding carboxylic acids is 1. The minimum absolute atomic E-state index is 0.0315. The fraction of sp³-hybridized carbons (Fsp3) is 0.450. The quantitative estimate of drug-likeness (QED) is 0.664. The summed E-state index contributed by atoms with van der Waals surface area (Å²) in [4.78, 5) is 37.7. The van der Waals surface area contributed by atoms with Crippen LogP contribution in [-0.2, 0) is 9.53 Å². The van der Waals surface area contributed by atoms with Gasteiger partial charge in [0.25, 0.3) is 5.91 Å². The average molecular weight is 471 g/mol. The third-order valence-electron chi connectivity index (χ3n) is 5.12. The molecule has 2 aromatic rings. The predicted octanol–water partition coefficient (Wildman–Crippen LogP) is 2.16. The van der Waals surface area contributed by atoms with E-state index in [0.717, 1.165) is 19.4 Å². The van der Waals surface area contributed by atoms with Gasteiger partial charge in [-0.3, -0.25) is 9.78 Å². The monoisotopic (exact) mass is 471 g/mol. The van der Waals surface area contributed by atoms with Crippen molar-refractivity contribution in [1.82, 2.24) is 19.9 Å². The average Bonchev–Trinajstić information content (AvgIpc) is 2.79. The lowest BCUT2D eigenvalue weighted by Crippen LogP contribution is -2.61. The molecule has 0 saturated carbocycles. The van der Waals surface area contributed by atoms with Gasteiger partial charge in [0, 0.05) is 25.5 Å². The number of carbonyl (C=O) groups is 2. The van der Waals surface area contributed by atoms with Gasteiger partial charge in [0.15, 0.2) is 5.82 Å². The van der Waals surface area contributed by atoms with Crippen molar-refractivity contribution >= 4 is 17.8 Å². The Morgan fingerprint density at radius 3 is 2.42 bits per heavy atom. The molecule has 9 nitrogen and oxygen atoms in total. The summed E-state index contributed by atoms with van der Waals surface area (Å²) in [6.07, 6.45) is 2.26. The Balaban J connectivity index is 0.000000383. The van der Waals surface area contributed by atoms with E-state index in [-0.39, 0.29) is 5.91 Å². The van der Waals surface area contributed by atoms with Gasteiger partial charge >= 0.3 is 12.1 Å². The summed E-state index contributed by atoms with van der Waals surface area (Å²) in [5, 5.41) is 7.12. The highest BCUT2D eigenvalue weighted by Gasteiger charge is 2.42. The number of anilines is 1. The molecule has 1 spiro atoms. The first-order chi connectivity index (χ1) is 15.6. The van der Waals surface area contributed by atoms with Gasteiger partial charge in [-0.1, -0.05) is 0 Å². The highest BCUT2D eigenvalue weighted by Crippen LogP contribution is 2.31. The number of hydrogen-bond acceptors (Lipinski definition) is 7. The van der Waals surface area contributed by atoms with Crippen molar-refractivity contribution in [2.45, 2.75) is 24.6 Å². The van der Waals surface area contributed by atoms with E-state index in [1.54, 1.807) is 24.5 Å². The van der Waals surface area contributed by atoms with Crippen molar-refractivity contribution in [3.8, 4) is 0 Å². The number of hydrogen-bond donors (Lipinski definition) is 1. The number of aliphatic carboxylic acids is 1. The van der Waals surface area contributed by atoms with Crippen LogP contribution in [0.1, 0.15) is 23.2 Å². The topological polar surface area (TPSA) is 109 Å². The Kier molecular flexibility index (Phi) is 7.41. The molecule has 0 aromatic carbocycles. The third kappa shape index (κ3) is 6.34. The zero-order valence-corrected chi connectivity index (χ0v) is 17.3. The number of morpholine rings is 1. The van der Waals surface area contributed by atoms with E-state index in [9.17, 15) is 22.4 Å². The molecule has 0 bridgehead atoms. The lowest BCUT2D eigenvalue weighted by Gasteiger charge is -2.48. The molecule has 178 valence electrons. The zero-order chi connectivity index (χ0) is 24.1. The van der Waals surface area contributed by atoms with Crippen LogP contribution in [0.4, 0.5) is 23.5 Å². The molecule has 4 rings (SSSR count). The van der Waals surface area contributed by atoms with Gasteiger partial charge in [0.1, 0.15) is 5.60 Å². The molecule has 1 atom stereocenters. The largest absolute Gasteiger partial charge is 0.490 e. The maximum atomic E-state index is 13.1. The van der Waals surface area contributed by atoms with Crippen molar-refractivity contribution in [3.05, 3.63) is 48.3 Å². The Morgan fingerprint density at radius 1 is 1.12 bits per heavy atom. The van der Waals surface area contributed by atoms with Crippen LogP contribution in [0.25, 0.3) is 0 Å². The molecular weight excluding hydrogens is 450 g/mol. The van der Waals surface area contributed by atoms with E-state index in [4.69, 9.17) is 14.6 Å². The fourth-order valence-corrected chi connectivity index (χ4v) is 3.67. The first-order valence-electron chi connectivity index (χ1n) is 9.95. The van der Waals surface area contributed by atoms with Gasteiger partial charge in [0.2, 0.25) is 5.95 Å². The summed E-state index contributed by atoms with van der Waals surface area (Å²) < 4.78 is 50.9. The third-order valence-corrected chi connectivity index (χ3v) is 5.12. The van der Waals surface area contributed by atoms with Crippen LogP contribution in [0.15, 0.2) is 36.9 Å². The van der Waals surface area contributed by atoms with E-state index in [1.165, 1.54) is 12.4 Å². The number of nitrogens with zero attached hydrogens (tertiary/aromatic N) is 5. The van der Waals surface area contributed by atoms with Crippen LogP contribution in [0.3, 0.4) is 0 Å². The van der Waals surface area contributed by atoms with Gasteiger partial charge in [-0.15, -0.1) is 0 Å². The summed E-state index contributed by atoms with van der Waals surface area (Å²) in [5.41, 5.74) is 0.130. The van der Waals surface area contributed by atoms with E-state index in [2.05, 4.69) is 15.0 Å². The molecular formula is C20H21F4N5O4. The van der Waals surface area contributed by atoms with Crippen molar-refractivity contribution in [1.29, 1.82) is 0 Å². The molecule has 2 aromatic heterocycles. The van der Waals surface area contributed by atoms with E-state index >= 15 is 0 Å². The Morgan fingerprint density at radius 2 is 1.82 bits per heavy atom. The maximum absolute atomic E-state index is 13.1. The summed E-state index contributed by atoms with van der Waals surface area (Å²) in [6, 6.07) is 3.54. The number of alkyl halides is 3. The highest BCUT2D eigenvalue weighted by atomic mass is 19.4. The van der Waals surface area contributed by atoms with Crippen LogP contribution in [0, 0.1) is 5.82 Å². The number of halogens is 4. The summed E-state index contributed by atoms with van der Waals surface area (Å²) in [6.45, 7) is 2.92. The molecule has 33 heavy (non-hydrogen) atoms. The zero-order valence-electron chi connectivity index (χ0n) is 17.3. The minimum Gasteiger partial charge on any atom is -0.475 e. The molecule has 4 heterocycles. The number of aromatic nitrogens is 3. The van der Waals surface area contributed by atoms with Crippen LogP contribution in [0.5, 0.6) is 0 Å². The van der Waals surface area contributed by atoms with Gasteiger partial charge in [0.05, 0.1) is 37.7 Å². The lowest BCUT2D eigenvalue weighted by atomic mass is 9.90. The van der Waals surface area contributed by atoms with Gasteiger partial charge in [-0.25, -0.2) is 19.2 Å². The first-order valence-corrected chi connectivity index (χ1v) is 9.95. The second kappa shape index (κ2) is 10.1. The van der Waals surface area contributed by atoms with Crippen molar-refractivity contribution in [2.24, 2.45) is 0 Å². The normalized spacial score (nSPS) is 20.7. The fourth-order valence-electron chi connectivity index (χ4n) is 3.67. The Hall–Kier alpha value is -3.35. The van der Waals surface area contributed by atoms with Crippen LogP contribution in [0.2, 0.25) is 0 Å². The molecule has 1 N–H and O–H groups in total. The minimum atomic E-state index is -5.08. The van der Waals surface area contributed by atoms with Gasteiger partial charge in [-0.05, 0) is 25.0 Å². The molecule has 1 unspecified atom stereocenters. The van der Waals surface area contributed by atoms with Gasteiger partial charge in [-0.2, -0.15) is 13.2 Å². The Labute approximate surface area is 186 Å². The number of carboxylic acids is 1. The van der Waals surface area contributed by atoms with E-state index in [1.807, 2.05) is 9.80 Å². The molecule has 0 radical (unpaired) electrons. The number of amides is 1. The Bertz CT molecular complexity index is 957. The molecule has 2 saturated heterocycles. The van der Waals surface area contributed by atoms with Crippen molar-refractivity contribution < 1.29 is 37.0 Å². The van der Waals surface area contributed by atoms with Crippen molar-refractivity contribution in [2.75, 3.05) is 37.7 Å². The summed E-state index contributed by atoms with van der Waals surface area (Å²) in [5.74, 6) is -2.75. The summed E-state index contributed by atoms with van der Waals surface area (Å²) >= 11 is 0. The molecule has 13 heteroatoms. The van der Waals surface area contributed by atoms with Gasteiger partial charge < -0.3 is 19.6 Å². The lowest BCUT2D eigenvalue weighted by molar-refractivity contribution is -0.192. The number of pyridine rings is 1. The summed E-state index contributed by atoms with van der Waals surface area (Å²) in [7, 11) is 0. The molecule has 0 aliphatic carbocycles. The van der Waals surface area contributed by atoms with E-state index < -0.39 is 23.6 Å². The predicted molar refractivity (Wildman–Crippen MR) is 106 cm³/mol. The smallest absolute Gasteiger partial charge is 0.475 e. The number of carboxylic acid groups (broad SMARTS) is 1. The van der Waals surface area contributed by atoms with Crippen LogP contribution >= 0.6 is 0 Å². The van der Waals surface area contributed by atoms with E-state index in [0.29, 0.717) is 37.8 Å². The molecule has 2 aliphatic heterocycles. The van der Waals surface area contributed by atoms with Crippen LogP contribution < -0.4 is 4.90 Å². The van der Waals surface area contributed by atoms with Crippen molar-refractivity contribution in [3.63, 3.8) is 0 Å². The highest BCUT2D eigenvalue weighted by molar-refractivity contribution is 5.94. The molecule has 2 fully saturated rings. The molecule has 1 amide bonds. The molecule has 2 aliphatic rings. The SMILES string of the molecule is O=C(O)C(F)(F)F.O=C(c1cccnc1)N1CCOC2(CCCN(c3ncc(F)cn3)C2)C1. The number of piperidine rings is 1. The maximum Gasteiger partial charge on any atom is 0.490 e. The second-order valence-corrected chi connectivity index (χ2v) is 7.53. The second-order valence-electron chi connectivity index (χ2n) is 7.53.